The largest absolute Gasteiger partial charge is 0.351 e. The Bertz CT molecular complexity index is 487. The molecule has 0 fully saturated rings. The van der Waals surface area contributed by atoms with E-state index < -0.39 is 9.84 Å². The van der Waals surface area contributed by atoms with Crippen molar-refractivity contribution in [1.29, 1.82) is 0 Å². The van der Waals surface area contributed by atoms with Gasteiger partial charge in [0.25, 0.3) is 5.91 Å². The Labute approximate surface area is 98.6 Å². The van der Waals surface area contributed by atoms with Gasteiger partial charge in [-0.2, -0.15) is 0 Å². The maximum absolute atomic E-state index is 11.6. The Morgan fingerprint density at radius 2 is 2.25 bits per heavy atom. The number of thiophene rings is 1. The molecule has 1 aliphatic rings. The molecular formula is C10H13NO3S2. The molecule has 0 aliphatic carbocycles. The molecule has 0 unspecified atom stereocenters. The summed E-state index contributed by atoms with van der Waals surface area (Å²) in [5.74, 6) is 0.0761. The van der Waals surface area contributed by atoms with Gasteiger partial charge >= 0.3 is 0 Å². The molecule has 0 spiro atoms. The van der Waals surface area contributed by atoms with Gasteiger partial charge in [0.15, 0.2) is 9.84 Å². The monoisotopic (exact) mass is 259 g/mol. The van der Waals surface area contributed by atoms with Gasteiger partial charge in [-0.25, -0.2) is 8.42 Å². The van der Waals surface area contributed by atoms with Crippen molar-refractivity contribution in [3.63, 3.8) is 0 Å². The summed E-state index contributed by atoms with van der Waals surface area (Å²) in [6.07, 6.45) is 0.894. The smallest absolute Gasteiger partial charge is 0.261 e. The standard InChI is InChI=1S/C10H13NO3S2/c1-2-3-11-10(12)8-4-7-5-16(13,14)6-9(7)15-8/h4H,2-3,5-6H2,1H3,(H,11,12). The van der Waals surface area contributed by atoms with Crippen LogP contribution in [0.5, 0.6) is 0 Å². The fourth-order valence-corrected chi connectivity index (χ4v) is 4.81. The molecular weight excluding hydrogens is 246 g/mol. The van der Waals surface area contributed by atoms with E-state index >= 15 is 0 Å². The maximum atomic E-state index is 11.6. The molecule has 2 heterocycles. The van der Waals surface area contributed by atoms with Crippen molar-refractivity contribution in [3.8, 4) is 0 Å². The molecule has 1 N–H and O–H groups in total. The zero-order chi connectivity index (χ0) is 11.8. The van der Waals surface area contributed by atoms with Crippen LogP contribution in [0.25, 0.3) is 0 Å². The Morgan fingerprint density at radius 3 is 2.88 bits per heavy atom. The molecule has 0 aromatic carbocycles. The van der Waals surface area contributed by atoms with Crippen molar-refractivity contribution in [1.82, 2.24) is 5.32 Å². The molecule has 0 saturated carbocycles. The summed E-state index contributed by atoms with van der Waals surface area (Å²) in [4.78, 5) is 13.1. The van der Waals surface area contributed by atoms with Gasteiger partial charge < -0.3 is 5.32 Å². The van der Waals surface area contributed by atoms with Crippen LogP contribution in [0, 0.1) is 0 Å². The van der Waals surface area contributed by atoms with Crippen LogP contribution in [-0.2, 0) is 21.3 Å². The van der Waals surface area contributed by atoms with Gasteiger partial charge in [0, 0.05) is 11.4 Å². The SMILES string of the molecule is CCCNC(=O)c1cc2c(s1)CS(=O)(=O)C2. The molecule has 2 rings (SSSR count). The third-order valence-corrected chi connectivity index (χ3v) is 5.22. The van der Waals surface area contributed by atoms with Crippen molar-refractivity contribution in [2.45, 2.75) is 24.9 Å². The van der Waals surface area contributed by atoms with Crippen molar-refractivity contribution < 1.29 is 13.2 Å². The Kier molecular flexibility index (Phi) is 3.03. The number of amides is 1. The maximum Gasteiger partial charge on any atom is 0.261 e. The first-order valence-corrected chi connectivity index (χ1v) is 7.76. The molecule has 16 heavy (non-hydrogen) atoms. The van der Waals surface area contributed by atoms with E-state index in [2.05, 4.69) is 5.32 Å². The lowest BCUT2D eigenvalue weighted by Gasteiger charge is -1.99. The number of carbonyl (C=O) groups excluding carboxylic acids is 1. The zero-order valence-electron chi connectivity index (χ0n) is 8.95. The fraction of sp³-hybridized carbons (Fsp3) is 0.500. The Hall–Kier alpha value is -0.880. The molecule has 1 aliphatic heterocycles. The molecule has 1 aromatic heterocycles. The molecule has 1 aromatic rings. The van der Waals surface area contributed by atoms with Gasteiger partial charge in [0.1, 0.15) is 0 Å². The fourth-order valence-electron chi connectivity index (χ4n) is 1.64. The molecule has 0 bridgehead atoms. The minimum Gasteiger partial charge on any atom is -0.351 e. The summed E-state index contributed by atoms with van der Waals surface area (Å²) in [6, 6.07) is 1.70. The molecule has 88 valence electrons. The second-order valence-corrected chi connectivity index (χ2v) is 7.05. The van der Waals surface area contributed by atoms with E-state index in [4.69, 9.17) is 0 Å². The van der Waals surface area contributed by atoms with E-state index in [9.17, 15) is 13.2 Å². The van der Waals surface area contributed by atoms with Crippen LogP contribution >= 0.6 is 11.3 Å². The van der Waals surface area contributed by atoms with E-state index in [0.29, 0.717) is 11.4 Å². The zero-order valence-corrected chi connectivity index (χ0v) is 10.6. The summed E-state index contributed by atoms with van der Waals surface area (Å²) < 4.78 is 22.6. The van der Waals surface area contributed by atoms with Gasteiger partial charge in [-0.15, -0.1) is 11.3 Å². The van der Waals surface area contributed by atoms with E-state index in [1.807, 2.05) is 6.92 Å². The van der Waals surface area contributed by atoms with Crippen LogP contribution in [0.2, 0.25) is 0 Å². The van der Waals surface area contributed by atoms with Crippen LogP contribution in [0.15, 0.2) is 6.07 Å². The Balaban J connectivity index is 2.14. The first kappa shape index (κ1) is 11.6. The highest BCUT2D eigenvalue weighted by Gasteiger charge is 2.28. The number of hydrogen-bond acceptors (Lipinski definition) is 4. The summed E-state index contributed by atoms with van der Waals surface area (Å²) in [6.45, 7) is 2.64. The number of sulfone groups is 1. The van der Waals surface area contributed by atoms with E-state index in [0.717, 1.165) is 16.9 Å². The summed E-state index contributed by atoms with van der Waals surface area (Å²) >= 11 is 1.29. The molecule has 0 radical (unpaired) electrons. The van der Waals surface area contributed by atoms with Gasteiger partial charge in [-0.1, -0.05) is 6.92 Å². The van der Waals surface area contributed by atoms with Crippen LogP contribution in [0.3, 0.4) is 0 Å². The van der Waals surface area contributed by atoms with Crippen LogP contribution in [0.1, 0.15) is 33.5 Å². The molecule has 6 heteroatoms. The summed E-state index contributed by atoms with van der Waals surface area (Å²) in [5.41, 5.74) is 0.798. The lowest BCUT2D eigenvalue weighted by molar-refractivity contribution is 0.0957. The first-order valence-electron chi connectivity index (χ1n) is 5.12. The normalized spacial score (nSPS) is 17.1. The average Bonchev–Trinajstić information content (AvgIpc) is 2.67. The minimum absolute atomic E-state index is 0.0832. The van der Waals surface area contributed by atoms with Crippen molar-refractivity contribution in [3.05, 3.63) is 21.4 Å². The highest BCUT2D eigenvalue weighted by atomic mass is 32.2. The quantitative estimate of drug-likeness (QED) is 0.890. The molecule has 4 nitrogen and oxygen atoms in total. The lowest BCUT2D eigenvalue weighted by atomic mass is 10.3. The topological polar surface area (TPSA) is 63.2 Å². The second kappa shape index (κ2) is 4.18. The minimum atomic E-state index is -2.94. The number of hydrogen-bond donors (Lipinski definition) is 1. The van der Waals surface area contributed by atoms with Crippen LogP contribution in [0.4, 0.5) is 0 Å². The summed E-state index contributed by atoms with van der Waals surface area (Å²) in [7, 11) is -2.94. The van der Waals surface area contributed by atoms with Gasteiger partial charge in [0.05, 0.1) is 16.4 Å². The number of fused-ring (bicyclic) bond motifs is 1. The predicted octanol–water partition coefficient (Wildman–Crippen LogP) is 1.32. The van der Waals surface area contributed by atoms with Crippen LogP contribution in [-0.4, -0.2) is 20.9 Å². The second-order valence-electron chi connectivity index (χ2n) is 3.85. The molecule has 0 atom stereocenters. The number of carbonyl (C=O) groups is 1. The third-order valence-electron chi connectivity index (χ3n) is 2.38. The van der Waals surface area contributed by atoms with Crippen molar-refractivity contribution >= 4 is 27.1 Å². The lowest BCUT2D eigenvalue weighted by Crippen LogP contribution is -2.22. The Morgan fingerprint density at radius 1 is 1.50 bits per heavy atom. The number of nitrogens with one attached hydrogen (secondary N) is 1. The molecule has 0 saturated heterocycles. The summed E-state index contributed by atoms with van der Waals surface area (Å²) in [5, 5.41) is 2.78. The third kappa shape index (κ3) is 2.27. The highest BCUT2D eigenvalue weighted by molar-refractivity contribution is 7.90. The van der Waals surface area contributed by atoms with Crippen molar-refractivity contribution in [2.24, 2.45) is 0 Å². The van der Waals surface area contributed by atoms with Crippen molar-refractivity contribution in [2.75, 3.05) is 6.54 Å². The van der Waals surface area contributed by atoms with E-state index in [-0.39, 0.29) is 17.4 Å². The number of rotatable bonds is 3. The predicted molar refractivity (Wildman–Crippen MR) is 63.3 cm³/mol. The van der Waals surface area contributed by atoms with E-state index in [1.165, 1.54) is 11.3 Å². The highest BCUT2D eigenvalue weighted by Crippen LogP contribution is 2.32. The van der Waals surface area contributed by atoms with Gasteiger partial charge in [0.2, 0.25) is 0 Å². The first-order chi connectivity index (χ1) is 7.52. The average molecular weight is 259 g/mol. The molecule has 1 amide bonds. The van der Waals surface area contributed by atoms with E-state index in [1.54, 1.807) is 6.07 Å². The van der Waals surface area contributed by atoms with Crippen LogP contribution < -0.4 is 5.32 Å². The van der Waals surface area contributed by atoms with Gasteiger partial charge in [-0.3, -0.25) is 4.79 Å². The van der Waals surface area contributed by atoms with Gasteiger partial charge in [-0.05, 0) is 18.1 Å².